The molecule has 2 unspecified atom stereocenters. The fraction of sp³-hybridized carbons (Fsp3) is 0.750. The Hall–Kier alpha value is -0.410. The molecule has 0 fully saturated rings. The lowest BCUT2D eigenvalue weighted by atomic mass is 9.99. The molecular weight excluding hydrogens is 204 g/mol. The summed E-state index contributed by atoms with van der Waals surface area (Å²) in [6, 6.07) is 0.496. The molecule has 0 aliphatic heterocycles. The predicted molar refractivity (Wildman–Crippen MR) is 67.3 cm³/mol. The number of hydrogen-bond donors (Lipinski definition) is 1. The minimum absolute atomic E-state index is 0.496. The second-order valence-electron chi connectivity index (χ2n) is 4.14. The number of aromatic nitrogens is 1. The molecule has 1 heterocycles. The van der Waals surface area contributed by atoms with Crippen LogP contribution in [0.4, 0.5) is 0 Å². The van der Waals surface area contributed by atoms with Crippen molar-refractivity contribution in [3.8, 4) is 0 Å². The molecule has 2 nitrogen and oxygen atoms in total. The summed E-state index contributed by atoms with van der Waals surface area (Å²) in [4.78, 5) is 5.72. The number of rotatable bonds is 6. The molecule has 1 aromatic heterocycles. The topological polar surface area (TPSA) is 24.9 Å². The number of thiazole rings is 1. The van der Waals surface area contributed by atoms with E-state index in [1.54, 1.807) is 0 Å². The van der Waals surface area contributed by atoms with Gasteiger partial charge in [-0.15, -0.1) is 11.3 Å². The molecule has 0 aromatic carbocycles. The second-order valence-corrected chi connectivity index (χ2v) is 5.41. The van der Waals surface area contributed by atoms with Crippen molar-refractivity contribution in [2.45, 2.75) is 46.6 Å². The van der Waals surface area contributed by atoms with E-state index in [9.17, 15) is 0 Å². The molecule has 0 amide bonds. The van der Waals surface area contributed by atoms with Gasteiger partial charge in [-0.25, -0.2) is 4.98 Å². The molecule has 0 saturated heterocycles. The van der Waals surface area contributed by atoms with Crippen LogP contribution in [0, 0.1) is 12.8 Å². The number of aryl methyl sites for hydroxylation is 1. The highest BCUT2D eigenvalue weighted by atomic mass is 32.1. The molecule has 0 aliphatic rings. The smallest absolute Gasteiger partial charge is 0.0897 e. The second kappa shape index (κ2) is 6.23. The van der Waals surface area contributed by atoms with Gasteiger partial charge in [0, 0.05) is 17.1 Å². The molecule has 86 valence electrons. The van der Waals surface area contributed by atoms with Crippen LogP contribution in [-0.4, -0.2) is 11.5 Å². The van der Waals surface area contributed by atoms with E-state index in [0.29, 0.717) is 6.04 Å². The summed E-state index contributed by atoms with van der Waals surface area (Å²) in [7, 11) is 0. The van der Waals surface area contributed by atoms with Crippen LogP contribution in [0.3, 0.4) is 0 Å². The number of nitrogens with one attached hydrogen (secondary N) is 1. The molecule has 15 heavy (non-hydrogen) atoms. The van der Waals surface area contributed by atoms with Crippen molar-refractivity contribution in [3.05, 3.63) is 16.1 Å². The summed E-state index contributed by atoms with van der Waals surface area (Å²) in [5.74, 6) is 0.774. The predicted octanol–water partition coefficient (Wildman–Crippen LogP) is 3.54. The van der Waals surface area contributed by atoms with Crippen LogP contribution in [0.25, 0.3) is 0 Å². The Balaban J connectivity index is 2.65. The van der Waals surface area contributed by atoms with Gasteiger partial charge < -0.3 is 5.32 Å². The van der Waals surface area contributed by atoms with Crippen molar-refractivity contribution in [3.63, 3.8) is 0 Å². The fourth-order valence-electron chi connectivity index (χ4n) is 1.65. The van der Waals surface area contributed by atoms with Gasteiger partial charge in [0.2, 0.25) is 0 Å². The third-order valence-corrected chi connectivity index (χ3v) is 3.79. The normalized spacial score (nSPS) is 15.2. The van der Waals surface area contributed by atoms with E-state index in [2.05, 4.69) is 38.0 Å². The molecule has 1 N–H and O–H groups in total. The zero-order valence-corrected chi connectivity index (χ0v) is 11.0. The lowest BCUT2D eigenvalue weighted by molar-refractivity contribution is 0.412. The van der Waals surface area contributed by atoms with Gasteiger partial charge in [-0.1, -0.05) is 27.2 Å². The van der Waals surface area contributed by atoms with E-state index in [1.807, 2.05) is 17.5 Å². The third kappa shape index (κ3) is 3.92. The molecule has 0 saturated carbocycles. The van der Waals surface area contributed by atoms with Crippen LogP contribution in [0.2, 0.25) is 0 Å². The van der Waals surface area contributed by atoms with Crippen molar-refractivity contribution >= 4 is 11.3 Å². The zero-order valence-electron chi connectivity index (χ0n) is 10.2. The lowest BCUT2D eigenvalue weighted by Gasteiger charge is -2.19. The van der Waals surface area contributed by atoms with E-state index in [0.717, 1.165) is 17.5 Å². The van der Waals surface area contributed by atoms with Gasteiger partial charge >= 0.3 is 0 Å². The molecule has 3 heteroatoms. The number of hydrogen-bond acceptors (Lipinski definition) is 3. The Kier molecular flexibility index (Phi) is 5.26. The first kappa shape index (κ1) is 12.7. The van der Waals surface area contributed by atoms with Crippen molar-refractivity contribution < 1.29 is 0 Å². The average molecular weight is 226 g/mol. The minimum Gasteiger partial charge on any atom is -0.309 e. The van der Waals surface area contributed by atoms with E-state index in [1.165, 1.54) is 17.7 Å². The monoisotopic (exact) mass is 226 g/mol. The largest absolute Gasteiger partial charge is 0.309 e. The maximum absolute atomic E-state index is 4.33. The molecule has 0 aliphatic carbocycles. The molecule has 0 bridgehead atoms. The van der Waals surface area contributed by atoms with Gasteiger partial charge in [0.25, 0.3) is 0 Å². The summed E-state index contributed by atoms with van der Waals surface area (Å²) >= 11 is 1.81. The van der Waals surface area contributed by atoms with Gasteiger partial charge in [0.05, 0.1) is 5.01 Å². The minimum atomic E-state index is 0.496. The van der Waals surface area contributed by atoms with Crippen LogP contribution in [-0.2, 0) is 0 Å². The first-order chi connectivity index (χ1) is 7.17. The molecule has 0 spiro atoms. The first-order valence-electron chi connectivity index (χ1n) is 5.83. The van der Waals surface area contributed by atoms with Crippen LogP contribution < -0.4 is 5.32 Å². The Morgan fingerprint density at radius 1 is 1.47 bits per heavy atom. The van der Waals surface area contributed by atoms with Gasteiger partial charge in [-0.05, 0) is 25.8 Å². The summed E-state index contributed by atoms with van der Waals surface area (Å²) < 4.78 is 0. The molecule has 1 rings (SSSR count). The van der Waals surface area contributed by atoms with Crippen LogP contribution in [0.1, 0.15) is 49.5 Å². The third-order valence-electron chi connectivity index (χ3n) is 2.77. The summed E-state index contributed by atoms with van der Waals surface area (Å²) in [5.41, 5.74) is 0. The Morgan fingerprint density at radius 3 is 2.67 bits per heavy atom. The van der Waals surface area contributed by atoms with E-state index < -0.39 is 0 Å². The Labute approximate surface area is 97.1 Å². The lowest BCUT2D eigenvalue weighted by Crippen LogP contribution is -2.22. The van der Waals surface area contributed by atoms with Crippen molar-refractivity contribution in [1.29, 1.82) is 0 Å². The van der Waals surface area contributed by atoms with E-state index >= 15 is 0 Å². The highest BCUT2D eigenvalue weighted by Crippen LogP contribution is 2.27. The Bertz CT molecular complexity index is 283. The van der Waals surface area contributed by atoms with Crippen molar-refractivity contribution in [2.75, 3.05) is 6.54 Å². The highest BCUT2D eigenvalue weighted by molar-refractivity contribution is 7.11. The molecular formula is C12H22N2S. The summed E-state index contributed by atoms with van der Waals surface area (Å²) in [6.45, 7) is 9.83. The maximum atomic E-state index is 4.33. The summed E-state index contributed by atoms with van der Waals surface area (Å²) in [6.07, 6.45) is 4.49. The van der Waals surface area contributed by atoms with Gasteiger partial charge in [0.1, 0.15) is 0 Å². The molecule has 1 aromatic rings. The molecule has 0 radical (unpaired) electrons. The zero-order chi connectivity index (χ0) is 11.3. The van der Waals surface area contributed by atoms with Crippen LogP contribution in [0.5, 0.6) is 0 Å². The highest BCUT2D eigenvalue weighted by Gasteiger charge is 2.15. The van der Waals surface area contributed by atoms with Gasteiger partial charge in [0.15, 0.2) is 0 Å². The van der Waals surface area contributed by atoms with Crippen LogP contribution >= 0.6 is 11.3 Å². The standard InChI is InChI=1S/C12H22N2S/c1-5-9(3)7-11(13-6-2)12-8-14-10(4)15-12/h8-9,11,13H,5-7H2,1-4H3. The van der Waals surface area contributed by atoms with E-state index in [-0.39, 0.29) is 0 Å². The van der Waals surface area contributed by atoms with Crippen molar-refractivity contribution in [2.24, 2.45) is 5.92 Å². The summed E-state index contributed by atoms with van der Waals surface area (Å²) in [5, 5.41) is 4.71. The number of nitrogens with zero attached hydrogens (tertiary/aromatic N) is 1. The quantitative estimate of drug-likeness (QED) is 0.802. The van der Waals surface area contributed by atoms with Crippen LogP contribution in [0.15, 0.2) is 6.20 Å². The Morgan fingerprint density at radius 2 is 2.20 bits per heavy atom. The fourth-order valence-corrected chi connectivity index (χ4v) is 2.53. The van der Waals surface area contributed by atoms with E-state index in [4.69, 9.17) is 0 Å². The SMILES string of the molecule is CCNC(CC(C)CC)c1cnc(C)s1. The van der Waals surface area contributed by atoms with Gasteiger partial charge in [-0.2, -0.15) is 0 Å². The maximum Gasteiger partial charge on any atom is 0.0897 e. The van der Waals surface area contributed by atoms with Crippen molar-refractivity contribution in [1.82, 2.24) is 10.3 Å². The molecule has 2 atom stereocenters. The average Bonchev–Trinajstić information content (AvgIpc) is 2.64. The van der Waals surface area contributed by atoms with Gasteiger partial charge in [-0.3, -0.25) is 0 Å². The first-order valence-corrected chi connectivity index (χ1v) is 6.64.